The number of aliphatic carboxylic acids is 1. The van der Waals surface area contributed by atoms with Crippen LogP contribution in [0.4, 0.5) is 0 Å². The number of hydrogen-bond donors (Lipinski definition) is 2. The molecule has 22 heavy (non-hydrogen) atoms. The number of amides is 1. The monoisotopic (exact) mass is 303 g/mol. The summed E-state index contributed by atoms with van der Waals surface area (Å²) in [4.78, 5) is 23.5. The van der Waals surface area contributed by atoms with Gasteiger partial charge in [0.05, 0.1) is 5.92 Å². The molecule has 1 amide bonds. The highest BCUT2D eigenvalue weighted by Gasteiger charge is 2.34. The van der Waals surface area contributed by atoms with E-state index in [2.05, 4.69) is 19.2 Å². The van der Waals surface area contributed by atoms with Gasteiger partial charge in [-0.2, -0.15) is 0 Å². The first-order valence-corrected chi connectivity index (χ1v) is 8.06. The molecule has 1 saturated carbocycles. The number of carbonyl (C=O) groups is 2. The van der Waals surface area contributed by atoms with Gasteiger partial charge in [-0.05, 0) is 30.2 Å². The lowest BCUT2D eigenvalue weighted by molar-refractivity contribution is -0.142. The maximum absolute atomic E-state index is 12.4. The Balaban J connectivity index is 1.99. The van der Waals surface area contributed by atoms with E-state index in [0.717, 1.165) is 18.4 Å². The van der Waals surface area contributed by atoms with Crippen LogP contribution in [0.15, 0.2) is 30.3 Å². The van der Waals surface area contributed by atoms with Gasteiger partial charge >= 0.3 is 5.97 Å². The molecular weight excluding hydrogens is 278 g/mol. The third-order valence-electron chi connectivity index (χ3n) is 4.62. The average molecular weight is 303 g/mol. The van der Waals surface area contributed by atoms with Gasteiger partial charge < -0.3 is 10.4 Å². The number of carboxylic acids is 1. The number of rotatable bonds is 6. The Labute approximate surface area is 131 Å². The van der Waals surface area contributed by atoms with Gasteiger partial charge in [0.15, 0.2) is 0 Å². The molecule has 2 rings (SSSR count). The maximum Gasteiger partial charge on any atom is 0.308 e. The molecular formula is C18H25NO3. The van der Waals surface area contributed by atoms with Gasteiger partial charge in [0.25, 0.3) is 0 Å². The highest BCUT2D eigenvalue weighted by Crippen LogP contribution is 2.29. The van der Waals surface area contributed by atoms with Crippen molar-refractivity contribution in [3.63, 3.8) is 0 Å². The molecule has 0 saturated heterocycles. The van der Waals surface area contributed by atoms with E-state index < -0.39 is 11.9 Å². The highest BCUT2D eigenvalue weighted by atomic mass is 16.4. The molecule has 0 radical (unpaired) electrons. The standard InChI is InChI=1S/C18H25NO3/c1-12(2)15(13-7-4-3-5-8-13)11-17(20)19-16-10-6-9-14(16)18(21)22/h3-5,7-8,12,14-16H,6,9-11H2,1-2H3,(H,19,20)(H,21,22)/t14-,15?,16+/m0/s1. The number of nitrogens with one attached hydrogen (secondary N) is 1. The first-order valence-electron chi connectivity index (χ1n) is 8.06. The molecule has 1 fully saturated rings. The zero-order chi connectivity index (χ0) is 16.1. The summed E-state index contributed by atoms with van der Waals surface area (Å²) >= 11 is 0. The van der Waals surface area contributed by atoms with Crippen molar-refractivity contribution in [2.24, 2.45) is 11.8 Å². The van der Waals surface area contributed by atoms with Crippen LogP contribution in [-0.4, -0.2) is 23.0 Å². The molecule has 4 heteroatoms. The topological polar surface area (TPSA) is 66.4 Å². The van der Waals surface area contributed by atoms with E-state index >= 15 is 0 Å². The third-order valence-corrected chi connectivity index (χ3v) is 4.62. The Hall–Kier alpha value is -1.84. The van der Waals surface area contributed by atoms with E-state index in [9.17, 15) is 14.7 Å². The molecule has 0 bridgehead atoms. The Morgan fingerprint density at radius 1 is 1.23 bits per heavy atom. The molecule has 0 heterocycles. The van der Waals surface area contributed by atoms with Gasteiger partial charge in [0.2, 0.25) is 5.91 Å². The van der Waals surface area contributed by atoms with Crippen LogP contribution < -0.4 is 5.32 Å². The number of carbonyl (C=O) groups excluding carboxylic acids is 1. The van der Waals surface area contributed by atoms with Gasteiger partial charge in [-0.1, -0.05) is 50.6 Å². The van der Waals surface area contributed by atoms with Crippen molar-refractivity contribution < 1.29 is 14.7 Å². The normalized spacial score (nSPS) is 22.5. The smallest absolute Gasteiger partial charge is 0.308 e. The van der Waals surface area contributed by atoms with Crippen LogP contribution in [0, 0.1) is 11.8 Å². The minimum atomic E-state index is -0.800. The molecule has 4 nitrogen and oxygen atoms in total. The van der Waals surface area contributed by atoms with Crippen LogP contribution in [0.1, 0.15) is 51.0 Å². The van der Waals surface area contributed by atoms with Crippen LogP contribution in [-0.2, 0) is 9.59 Å². The average Bonchev–Trinajstić information content (AvgIpc) is 2.93. The highest BCUT2D eigenvalue weighted by molar-refractivity contribution is 5.79. The first kappa shape index (κ1) is 16.5. The lowest BCUT2D eigenvalue weighted by atomic mass is 9.85. The second-order valence-electron chi connectivity index (χ2n) is 6.51. The summed E-state index contributed by atoms with van der Waals surface area (Å²) in [5, 5.41) is 12.1. The van der Waals surface area contributed by atoms with Crippen molar-refractivity contribution in [2.75, 3.05) is 0 Å². The van der Waals surface area contributed by atoms with Crippen LogP contribution in [0.25, 0.3) is 0 Å². The molecule has 0 spiro atoms. The predicted octanol–water partition coefficient (Wildman–Crippen LogP) is 3.19. The molecule has 1 aliphatic carbocycles. The van der Waals surface area contributed by atoms with Gasteiger partial charge in [-0.3, -0.25) is 9.59 Å². The van der Waals surface area contributed by atoms with Gasteiger partial charge in [-0.15, -0.1) is 0 Å². The van der Waals surface area contributed by atoms with Crippen molar-refractivity contribution in [3.05, 3.63) is 35.9 Å². The van der Waals surface area contributed by atoms with Crippen LogP contribution in [0.2, 0.25) is 0 Å². The molecule has 2 N–H and O–H groups in total. The molecule has 1 aromatic carbocycles. The Bertz CT molecular complexity index is 512. The summed E-state index contributed by atoms with van der Waals surface area (Å²) in [5.41, 5.74) is 1.16. The van der Waals surface area contributed by atoms with E-state index in [1.165, 1.54) is 0 Å². The second kappa shape index (κ2) is 7.43. The zero-order valence-corrected chi connectivity index (χ0v) is 13.3. The molecule has 1 aromatic rings. The van der Waals surface area contributed by atoms with E-state index in [1.807, 2.05) is 30.3 Å². The quantitative estimate of drug-likeness (QED) is 0.848. The minimum absolute atomic E-state index is 0.0410. The molecule has 3 atom stereocenters. The molecule has 1 unspecified atom stereocenters. The van der Waals surface area contributed by atoms with Crippen LogP contribution in [0.3, 0.4) is 0 Å². The van der Waals surface area contributed by atoms with E-state index in [-0.39, 0.29) is 17.9 Å². The molecule has 0 aromatic heterocycles. The Morgan fingerprint density at radius 3 is 2.50 bits per heavy atom. The summed E-state index contributed by atoms with van der Waals surface area (Å²) in [6, 6.07) is 9.83. The van der Waals surface area contributed by atoms with E-state index in [4.69, 9.17) is 0 Å². The summed E-state index contributed by atoms with van der Waals surface area (Å²) in [7, 11) is 0. The predicted molar refractivity (Wildman–Crippen MR) is 85.5 cm³/mol. The van der Waals surface area contributed by atoms with Crippen LogP contribution >= 0.6 is 0 Å². The van der Waals surface area contributed by atoms with Crippen molar-refractivity contribution in [1.82, 2.24) is 5.32 Å². The fraction of sp³-hybridized carbons (Fsp3) is 0.556. The molecule has 120 valence electrons. The summed E-state index contributed by atoms with van der Waals surface area (Å²) < 4.78 is 0. The van der Waals surface area contributed by atoms with Crippen molar-refractivity contribution in [1.29, 1.82) is 0 Å². The second-order valence-corrected chi connectivity index (χ2v) is 6.51. The zero-order valence-electron chi connectivity index (χ0n) is 13.3. The Kier molecular flexibility index (Phi) is 5.58. The number of benzene rings is 1. The van der Waals surface area contributed by atoms with Crippen LogP contribution in [0.5, 0.6) is 0 Å². The summed E-state index contributed by atoms with van der Waals surface area (Å²) in [5.74, 6) is -0.761. The lowest BCUT2D eigenvalue weighted by Crippen LogP contribution is -2.40. The van der Waals surface area contributed by atoms with Crippen molar-refractivity contribution in [2.45, 2.75) is 51.5 Å². The van der Waals surface area contributed by atoms with E-state index in [0.29, 0.717) is 18.8 Å². The number of carboxylic acid groups (broad SMARTS) is 1. The van der Waals surface area contributed by atoms with E-state index in [1.54, 1.807) is 0 Å². The Morgan fingerprint density at radius 2 is 1.91 bits per heavy atom. The van der Waals surface area contributed by atoms with Gasteiger partial charge in [0.1, 0.15) is 0 Å². The first-order chi connectivity index (χ1) is 10.5. The minimum Gasteiger partial charge on any atom is -0.481 e. The lowest BCUT2D eigenvalue weighted by Gasteiger charge is -2.23. The number of hydrogen-bond acceptors (Lipinski definition) is 2. The largest absolute Gasteiger partial charge is 0.481 e. The van der Waals surface area contributed by atoms with Gasteiger partial charge in [0, 0.05) is 12.5 Å². The van der Waals surface area contributed by atoms with Gasteiger partial charge in [-0.25, -0.2) is 0 Å². The van der Waals surface area contributed by atoms with Crippen molar-refractivity contribution in [3.8, 4) is 0 Å². The fourth-order valence-electron chi connectivity index (χ4n) is 3.33. The maximum atomic E-state index is 12.4. The molecule has 0 aliphatic heterocycles. The summed E-state index contributed by atoms with van der Waals surface area (Å²) in [6.07, 6.45) is 2.70. The third kappa shape index (κ3) is 4.09. The summed E-state index contributed by atoms with van der Waals surface area (Å²) in [6.45, 7) is 4.22. The fourth-order valence-corrected chi connectivity index (χ4v) is 3.33. The van der Waals surface area contributed by atoms with Crippen molar-refractivity contribution >= 4 is 11.9 Å². The molecule has 1 aliphatic rings. The SMILES string of the molecule is CC(C)C(CC(=O)N[C@@H]1CCC[C@@H]1C(=O)O)c1ccccc1.